The first kappa shape index (κ1) is 14.3. The second kappa shape index (κ2) is 5.46. The number of benzene rings is 1. The van der Waals surface area contributed by atoms with Gasteiger partial charge in [-0.3, -0.25) is 10.1 Å². The third-order valence-corrected chi connectivity index (χ3v) is 2.99. The van der Waals surface area contributed by atoms with Crippen LogP contribution in [0.2, 0.25) is 5.02 Å². The highest BCUT2D eigenvalue weighted by molar-refractivity contribution is 6.31. The summed E-state index contributed by atoms with van der Waals surface area (Å²) in [6, 6.07) is 3.53. The van der Waals surface area contributed by atoms with E-state index in [1.807, 2.05) is 0 Å². The van der Waals surface area contributed by atoms with Gasteiger partial charge in [0.1, 0.15) is 11.7 Å². The molecule has 1 aliphatic rings. The van der Waals surface area contributed by atoms with E-state index in [0.717, 1.165) is 12.1 Å². The third kappa shape index (κ3) is 2.88. The summed E-state index contributed by atoms with van der Waals surface area (Å²) in [5, 5.41) is 11.0. The zero-order chi connectivity index (χ0) is 14.9. The van der Waals surface area contributed by atoms with Gasteiger partial charge in [-0.05, 0) is 19.1 Å². The van der Waals surface area contributed by atoms with E-state index in [4.69, 9.17) is 21.1 Å². The van der Waals surface area contributed by atoms with Gasteiger partial charge in [-0.1, -0.05) is 11.6 Å². The molecular formula is C12H10ClNO6. The molecule has 20 heavy (non-hydrogen) atoms. The fourth-order valence-corrected chi connectivity index (χ4v) is 2.01. The van der Waals surface area contributed by atoms with Gasteiger partial charge in [-0.15, -0.1) is 0 Å². The first-order valence-corrected chi connectivity index (χ1v) is 6.11. The van der Waals surface area contributed by atoms with E-state index in [-0.39, 0.29) is 23.1 Å². The van der Waals surface area contributed by atoms with Crippen molar-refractivity contribution < 1.29 is 24.0 Å². The number of nitrogens with zero attached hydrogens (tertiary/aromatic N) is 1. The highest BCUT2D eigenvalue weighted by Crippen LogP contribution is 2.25. The average Bonchev–Trinajstić information content (AvgIpc) is 2.67. The van der Waals surface area contributed by atoms with Gasteiger partial charge in [0.05, 0.1) is 4.92 Å². The largest absolute Gasteiger partial charge is 0.460 e. The summed E-state index contributed by atoms with van der Waals surface area (Å²) in [5.74, 6) is -1.63. The number of ether oxygens (including phenoxy) is 2. The number of hydrogen-bond acceptors (Lipinski definition) is 6. The monoisotopic (exact) mass is 299 g/mol. The normalized spacial score (nSPS) is 21.4. The number of cyclic esters (lactones) is 1. The Morgan fingerprint density at radius 1 is 1.55 bits per heavy atom. The van der Waals surface area contributed by atoms with Gasteiger partial charge in [0.15, 0.2) is 0 Å². The van der Waals surface area contributed by atoms with Crippen LogP contribution in [0.4, 0.5) is 5.69 Å². The summed E-state index contributed by atoms with van der Waals surface area (Å²) >= 11 is 5.71. The summed E-state index contributed by atoms with van der Waals surface area (Å²) in [4.78, 5) is 33.4. The number of carbonyl (C=O) groups excluding carboxylic acids is 2. The molecule has 1 saturated heterocycles. The Kier molecular flexibility index (Phi) is 3.89. The Bertz CT molecular complexity index is 587. The molecule has 7 nitrogen and oxygen atoms in total. The molecule has 0 bridgehead atoms. The molecule has 0 amide bonds. The molecule has 2 rings (SSSR count). The van der Waals surface area contributed by atoms with E-state index < -0.39 is 28.7 Å². The fourth-order valence-electron chi connectivity index (χ4n) is 1.84. The Balaban J connectivity index is 2.23. The molecule has 0 saturated carbocycles. The molecule has 0 N–H and O–H groups in total. The third-order valence-electron chi connectivity index (χ3n) is 2.75. The van der Waals surface area contributed by atoms with Gasteiger partial charge in [0.2, 0.25) is 6.10 Å². The number of nitro benzene ring substituents is 1. The summed E-state index contributed by atoms with van der Waals surface area (Å²) in [6.07, 6.45) is -1.18. The molecule has 1 heterocycles. The predicted octanol–water partition coefficient (Wildman–Crippen LogP) is 2.11. The molecule has 0 radical (unpaired) electrons. The highest BCUT2D eigenvalue weighted by atomic mass is 35.5. The molecule has 2 atom stereocenters. The van der Waals surface area contributed by atoms with Crippen LogP contribution in [0.15, 0.2) is 18.2 Å². The average molecular weight is 300 g/mol. The number of esters is 2. The van der Waals surface area contributed by atoms with Gasteiger partial charge in [-0.25, -0.2) is 9.59 Å². The van der Waals surface area contributed by atoms with E-state index in [0.29, 0.717) is 0 Å². The second-order valence-electron chi connectivity index (χ2n) is 4.30. The minimum Gasteiger partial charge on any atom is -0.460 e. The lowest BCUT2D eigenvalue weighted by atomic mass is 10.1. The van der Waals surface area contributed by atoms with Crippen molar-refractivity contribution in [2.45, 2.75) is 25.6 Å². The van der Waals surface area contributed by atoms with Crippen LogP contribution in [-0.2, 0) is 14.3 Å². The van der Waals surface area contributed by atoms with Crippen LogP contribution >= 0.6 is 11.6 Å². The Labute approximate surface area is 118 Å². The van der Waals surface area contributed by atoms with Crippen molar-refractivity contribution in [2.75, 3.05) is 0 Å². The lowest BCUT2D eigenvalue weighted by molar-refractivity contribution is -0.385. The molecular weight excluding hydrogens is 290 g/mol. The summed E-state index contributed by atoms with van der Waals surface area (Å²) < 4.78 is 9.79. The van der Waals surface area contributed by atoms with Gasteiger partial charge >= 0.3 is 11.9 Å². The van der Waals surface area contributed by atoms with Crippen molar-refractivity contribution in [3.8, 4) is 0 Å². The molecule has 0 unspecified atom stereocenters. The van der Waals surface area contributed by atoms with Crippen molar-refractivity contribution in [2.24, 2.45) is 0 Å². The van der Waals surface area contributed by atoms with Crippen LogP contribution in [0.1, 0.15) is 23.7 Å². The Hall–Kier alpha value is -2.15. The van der Waals surface area contributed by atoms with E-state index in [9.17, 15) is 19.7 Å². The molecule has 1 aromatic carbocycles. The second-order valence-corrected chi connectivity index (χ2v) is 4.73. The minimum atomic E-state index is -1.05. The molecule has 1 aromatic rings. The fraction of sp³-hybridized carbons (Fsp3) is 0.333. The van der Waals surface area contributed by atoms with Crippen molar-refractivity contribution in [1.29, 1.82) is 0 Å². The van der Waals surface area contributed by atoms with Crippen LogP contribution in [0.5, 0.6) is 0 Å². The summed E-state index contributed by atoms with van der Waals surface area (Å²) in [6.45, 7) is 1.66. The van der Waals surface area contributed by atoms with Crippen LogP contribution in [0.25, 0.3) is 0 Å². The standard InChI is InChI=1S/C12H10ClNO6/c1-6-4-10(12(16)19-6)20-11(15)8-5-7(13)2-3-9(8)14(17)18/h2-3,5-6,10H,4H2,1H3/t6-,10+/m1/s1. The van der Waals surface area contributed by atoms with Crippen LogP contribution < -0.4 is 0 Å². The molecule has 8 heteroatoms. The van der Waals surface area contributed by atoms with Crippen LogP contribution in [0.3, 0.4) is 0 Å². The summed E-state index contributed by atoms with van der Waals surface area (Å²) in [7, 11) is 0. The molecule has 1 aliphatic heterocycles. The number of halogens is 1. The first-order valence-electron chi connectivity index (χ1n) is 5.74. The molecule has 0 aromatic heterocycles. The van der Waals surface area contributed by atoms with Crippen molar-refractivity contribution >= 4 is 29.2 Å². The number of carbonyl (C=O) groups is 2. The highest BCUT2D eigenvalue weighted by Gasteiger charge is 2.36. The molecule has 106 valence electrons. The predicted molar refractivity (Wildman–Crippen MR) is 67.5 cm³/mol. The van der Waals surface area contributed by atoms with Crippen molar-refractivity contribution in [3.05, 3.63) is 38.9 Å². The van der Waals surface area contributed by atoms with Gasteiger partial charge in [-0.2, -0.15) is 0 Å². The quantitative estimate of drug-likeness (QED) is 0.482. The van der Waals surface area contributed by atoms with E-state index >= 15 is 0 Å². The Morgan fingerprint density at radius 3 is 2.80 bits per heavy atom. The van der Waals surface area contributed by atoms with Gasteiger partial charge in [0.25, 0.3) is 5.69 Å². The van der Waals surface area contributed by atoms with E-state index in [2.05, 4.69) is 0 Å². The first-order chi connectivity index (χ1) is 9.38. The molecule has 0 aliphatic carbocycles. The topological polar surface area (TPSA) is 95.7 Å². The number of hydrogen-bond donors (Lipinski definition) is 0. The van der Waals surface area contributed by atoms with E-state index in [1.54, 1.807) is 6.92 Å². The van der Waals surface area contributed by atoms with Gasteiger partial charge < -0.3 is 9.47 Å². The lowest BCUT2D eigenvalue weighted by Gasteiger charge is -2.08. The van der Waals surface area contributed by atoms with Crippen LogP contribution in [0, 0.1) is 10.1 Å². The molecule has 0 spiro atoms. The maximum atomic E-state index is 11.9. The van der Waals surface area contributed by atoms with E-state index in [1.165, 1.54) is 6.07 Å². The summed E-state index contributed by atoms with van der Waals surface area (Å²) in [5.41, 5.74) is -0.728. The molecule has 1 fully saturated rings. The lowest BCUT2D eigenvalue weighted by Crippen LogP contribution is -2.23. The Morgan fingerprint density at radius 2 is 2.25 bits per heavy atom. The minimum absolute atomic E-state index is 0.157. The van der Waals surface area contributed by atoms with Gasteiger partial charge in [0, 0.05) is 17.5 Å². The number of nitro groups is 1. The number of rotatable bonds is 3. The van der Waals surface area contributed by atoms with Crippen LogP contribution in [-0.4, -0.2) is 29.1 Å². The maximum Gasteiger partial charge on any atom is 0.347 e. The van der Waals surface area contributed by atoms with Crippen molar-refractivity contribution in [3.63, 3.8) is 0 Å². The SMILES string of the molecule is C[C@@H]1C[C@H](OC(=O)c2cc(Cl)ccc2[N+](=O)[O-])C(=O)O1. The van der Waals surface area contributed by atoms with Crippen molar-refractivity contribution in [1.82, 2.24) is 0 Å². The maximum absolute atomic E-state index is 11.9. The smallest absolute Gasteiger partial charge is 0.347 e. The zero-order valence-electron chi connectivity index (χ0n) is 10.4. The zero-order valence-corrected chi connectivity index (χ0v) is 11.1.